The highest BCUT2D eigenvalue weighted by Crippen LogP contribution is 2.17. The average molecular weight is 248 g/mol. The molecular weight excluding hydrogens is 228 g/mol. The number of methoxy groups -OCH3 is 1. The van der Waals surface area contributed by atoms with Crippen molar-refractivity contribution in [2.45, 2.75) is 25.3 Å². The smallest absolute Gasteiger partial charge is 0.251 e. The van der Waals surface area contributed by atoms with Crippen molar-refractivity contribution in [3.63, 3.8) is 0 Å². The number of benzene rings is 1. The van der Waals surface area contributed by atoms with Crippen LogP contribution in [0.5, 0.6) is 5.75 Å². The van der Waals surface area contributed by atoms with Crippen LogP contribution in [0.4, 0.5) is 0 Å². The molecule has 1 aromatic carbocycles. The summed E-state index contributed by atoms with van der Waals surface area (Å²) in [5.74, 6) is 0.726. The summed E-state index contributed by atoms with van der Waals surface area (Å²) in [5.41, 5.74) is 0.708. The van der Waals surface area contributed by atoms with E-state index in [0.29, 0.717) is 12.1 Å². The molecule has 1 aliphatic heterocycles. The fourth-order valence-electron chi connectivity index (χ4n) is 2.23. The van der Waals surface area contributed by atoms with Gasteiger partial charge < -0.3 is 15.4 Å². The Bertz CT molecular complexity index is 408. The molecule has 0 bridgehead atoms. The highest BCUT2D eigenvalue weighted by Gasteiger charge is 2.28. The van der Waals surface area contributed by atoms with Crippen molar-refractivity contribution in [2.75, 3.05) is 20.2 Å². The van der Waals surface area contributed by atoms with E-state index in [4.69, 9.17) is 4.74 Å². The minimum atomic E-state index is -0.0346. The van der Waals surface area contributed by atoms with Gasteiger partial charge >= 0.3 is 0 Å². The largest absolute Gasteiger partial charge is 0.497 e. The van der Waals surface area contributed by atoms with E-state index in [0.717, 1.165) is 18.7 Å². The van der Waals surface area contributed by atoms with E-state index in [1.54, 1.807) is 31.4 Å². The minimum Gasteiger partial charge on any atom is -0.497 e. The number of amides is 1. The molecule has 1 atom stereocenters. The molecule has 1 amide bonds. The van der Waals surface area contributed by atoms with Gasteiger partial charge in [0.25, 0.3) is 5.91 Å². The standard InChI is InChI=1S/C14H20N2O2/c1-14(8-3-9-16-14)10-15-13(17)11-4-6-12(18-2)7-5-11/h4-7,16H,3,8-10H2,1-2H3,(H,15,17). The van der Waals surface area contributed by atoms with Crippen molar-refractivity contribution in [3.8, 4) is 5.75 Å². The Morgan fingerprint density at radius 1 is 1.44 bits per heavy atom. The second-order valence-electron chi connectivity index (χ2n) is 5.00. The highest BCUT2D eigenvalue weighted by atomic mass is 16.5. The molecular formula is C14H20N2O2. The van der Waals surface area contributed by atoms with Crippen molar-refractivity contribution in [1.29, 1.82) is 0 Å². The molecule has 1 fully saturated rings. The monoisotopic (exact) mass is 248 g/mol. The molecule has 0 radical (unpaired) electrons. The zero-order valence-electron chi connectivity index (χ0n) is 11.0. The quantitative estimate of drug-likeness (QED) is 0.850. The van der Waals surface area contributed by atoms with Gasteiger partial charge in [0, 0.05) is 17.6 Å². The molecule has 4 heteroatoms. The molecule has 1 unspecified atom stereocenters. The average Bonchev–Trinajstić information content (AvgIpc) is 2.83. The fourth-order valence-corrected chi connectivity index (χ4v) is 2.23. The Morgan fingerprint density at radius 3 is 2.72 bits per heavy atom. The Hall–Kier alpha value is -1.55. The minimum absolute atomic E-state index is 0.0346. The normalized spacial score (nSPS) is 22.8. The first-order chi connectivity index (χ1) is 8.63. The van der Waals surface area contributed by atoms with Crippen LogP contribution in [0.25, 0.3) is 0 Å². The van der Waals surface area contributed by atoms with Crippen LogP contribution >= 0.6 is 0 Å². The maximum absolute atomic E-state index is 12.0. The first-order valence-electron chi connectivity index (χ1n) is 6.30. The van der Waals surface area contributed by atoms with Gasteiger partial charge in [-0.2, -0.15) is 0 Å². The molecule has 4 nitrogen and oxygen atoms in total. The topological polar surface area (TPSA) is 50.4 Å². The molecule has 18 heavy (non-hydrogen) atoms. The van der Waals surface area contributed by atoms with Gasteiger partial charge in [-0.3, -0.25) is 4.79 Å². The summed E-state index contributed by atoms with van der Waals surface area (Å²) in [7, 11) is 1.61. The van der Waals surface area contributed by atoms with Crippen LogP contribution < -0.4 is 15.4 Å². The van der Waals surface area contributed by atoms with Crippen molar-refractivity contribution in [1.82, 2.24) is 10.6 Å². The lowest BCUT2D eigenvalue weighted by molar-refractivity contribution is 0.0942. The molecule has 1 heterocycles. The highest BCUT2D eigenvalue weighted by molar-refractivity contribution is 5.94. The van der Waals surface area contributed by atoms with Gasteiger partial charge in [0.2, 0.25) is 0 Å². The molecule has 1 aliphatic rings. The van der Waals surface area contributed by atoms with Gasteiger partial charge in [0.15, 0.2) is 0 Å². The predicted octanol–water partition coefficient (Wildman–Crippen LogP) is 1.57. The van der Waals surface area contributed by atoms with Crippen LogP contribution in [0, 0.1) is 0 Å². The van der Waals surface area contributed by atoms with Gasteiger partial charge in [-0.25, -0.2) is 0 Å². The van der Waals surface area contributed by atoms with E-state index in [9.17, 15) is 4.79 Å². The second kappa shape index (κ2) is 5.40. The van der Waals surface area contributed by atoms with Gasteiger partial charge in [-0.05, 0) is 50.6 Å². The van der Waals surface area contributed by atoms with Crippen LogP contribution in [-0.4, -0.2) is 31.6 Å². The molecule has 1 saturated heterocycles. The second-order valence-corrected chi connectivity index (χ2v) is 5.00. The van der Waals surface area contributed by atoms with Crippen LogP contribution in [0.2, 0.25) is 0 Å². The first-order valence-corrected chi connectivity index (χ1v) is 6.30. The lowest BCUT2D eigenvalue weighted by atomic mass is 10.0. The van der Waals surface area contributed by atoms with Crippen molar-refractivity contribution < 1.29 is 9.53 Å². The van der Waals surface area contributed by atoms with Crippen LogP contribution in [0.15, 0.2) is 24.3 Å². The molecule has 0 aromatic heterocycles. The summed E-state index contributed by atoms with van der Waals surface area (Å²) >= 11 is 0. The van der Waals surface area contributed by atoms with Gasteiger partial charge in [-0.15, -0.1) is 0 Å². The maximum Gasteiger partial charge on any atom is 0.251 e. The third-order valence-electron chi connectivity index (χ3n) is 3.45. The summed E-state index contributed by atoms with van der Waals surface area (Å²) in [6.45, 7) is 3.85. The number of nitrogens with one attached hydrogen (secondary N) is 2. The van der Waals surface area contributed by atoms with E-state index < -0.39 is 0 Å². The number of hydrogen-bond donors (Lipinski definition) is 2. The molecule has 0 spiro atoms. The van der Waals surface area contributed by atoms with Crippen molar-refractivity contribution >= 4 is 5.91 Å². The zero-order valence-corrected chi connectivity index (χ0v) is 11.0. The Labute approximate surface area is 108 Å². The van der Waals surface area contributed by atoms with E-state index in [-0.39, 0.29) is 11.4 Å². The number of carbonyl (C=O) groups excluding carboxylic acids is 1. The molecule has 1 aromatic rings. The first kappa shape index (κ1) is 12.9. The summed E-state index contributed by atoms with van der Waals surface area (Å²) in [6, 6.07) is 7.14. The number of ether oxygens (including phenoxy) is 1. The van der Waals surface area contributed by atoms with E-state index in [1.165, 1.54) is 6.42 Å². The van der Waals surface area contributed by atoms with Crippen molar-refractivity contribution in [2.24, 2.45) is 0 Å². The molecule has 2 N–H and O–H groups in total. The molecule has 0 saturated carbocycles. The van der Waals surface area contributed by atoms with Gasteiger partial charge in [0.1, 0.15) is 5.75 Å². The van der Waals surface area contributed by atoms with Gasteiger partial charge in [-0.1, -0.05) is 0 Å². The van der Waals surface area contributed by atoms with Gasteiger partial charge in [0.05, 0.1) is 7.11 Å². The van der Waals surface area contributed by atoms with Crippen molar-refractivity contribution in [3.05, 3.63) is 29.8 Å². The zero-order chi connectivity index (χ0) is 13.0. The van der Waals surface area contributed by atoms with Crippen LogP contribution in [0.3, 0.4) is 0 Å². The summed E-state index contributed by atoms with van der Waals surface area (Å²) < 4.78 is 5.06. The summed E-state index contributed by atoms with van der Waals surface area (Å²) in [4.78, 5) is 12.0. The number of hydrogen-bond acceptors (Lipinski definition) is 3. The SMILES string of the molecule is COc1ccc(C(=O)NCC2(C)CCCN2)cc1. The number of rotatable bonds is 4. The Balaban J connectivity index is 1.90. The van der Waals surface area contributed by atoms with E-state index in [1.807, 2.05) is 0 Å². The third-order valence-corrected chi connectivity index (χ3v) is 3.45. The molecule has 2 rings (SSSR count). The maximum atomic E-state index is 12.0. The molecule has 0 aliphatic carbocycles. The lowest BCUT2D eigenvalue weighted by Crippen LogP contribution is -2.47. The Morgan fingerprint density at radius 2 is 2.17 bits per heavy atom. The lowest BCUT2D eigenvalue weighted by Gasteiger charge is -2.24. The Kier molecular flexibility index (Phi) is 3.87. The van der Waals surface area contributed by atoms with E-state index in [2.05, 4.69) is 17.6 Å². The van der Waals surface area contributed by atoms with E-state index >= 15 is 0 Å². The summed E-state index contributed by atoms with van der Waals surface area (Å²) in [6.07, 6.45) is 2.28. The predicted molar refractivity (Wildman–Crippen MR) is 71.0 cm³/mol. The summed E-state index contributed by atoms with van der Waals surface area (Å²) in [5, 5.41) is 6.40. The molecule has 98 valence electrons. The third kappa shape index (κ3) is 3.01. The number of carbonyl (C=O) groups is 1. The van der Waals surface area contributed by atoms with Crippen LogP contribution in [0.1, 0.15) is 30.1 Å². The fraction of sp³-hybridized carbons (Fsp3) is 0.500. The van der Waals surface area contributed by atoms with Crippen LogP contribution in [-0.2, 0) is 0 Å².